The molecule has 0 amide bonds. The molecule has 7 nitrogen and oxygen atoms in total. The second-order valence-electron chi connectivity index (χ2n) is 3.85. The third-order valence-electron chi connectivity index (χ3n) is 2.81. The first-order valence-electron chi connectivity index (χ1n) is 5.80. The molecule has 0 fully saturated rings. The second-order valence-corrected chi connectivity index (χ2v) is 3.85. The molecule has 0 saturated heterocycles. The summed E-state index contributed by atoms with van der Waals surface area (Å²) in [7, 11) is 1.28. The Morgan fingerprint density at radius 3 is 2.50 bits per heavy atom. The number of nitro groups is 1. The molecule has 100 valence electrons. The summed E-state index contributed by atoms with van der Waals surface area (Å²) in [4.78, 5) is 22.1. The average Bonchev–Trinajstić information content (AvgIpc) is 2.75. The zero-order valence-corrected chi connectivity index (χ0v) is 11.0. The Balaban J connectivity index is 3.37. The van der Waals surface area contributed by atoms with Crippen molar-refractivity contribution in [3.63, 3.8) is 0 Å². The van der Waals surface area contributed by atoms with Gasteiger partial charge in [-0.3, -0.25) is 10.1 Å². The van der Waals surface area contributed by atoms with Crippen LogP contribution in [0.5, 0.6) is 0 Å². The summed E-state index contributed by atoms with van der Waals surface area (Å²) in [6, 6.07) is -0.663. The van der Waals surface area contributed by atoms with Crippen molar-refractivity contribution < 1.29 is 14.5 Å². The largest absolute Gasteiger partial charge is 0.467 e. The summed E-state index contributed by atoms with van der Waals surface area (Å²) in [5, 5.41) is 15.2. The molecular formula is C11H17N3O4. The first-order chi connectivity index (χ1) is 8.47. The number of nitrogens with zero attached hydrogens (tertiary/aromatic N) is 3. The van der Waals surface area contributed by atoms with Crippen molar-refractivity contribution in [3.8, 4) is 0 Å². The number of hydrogen-bond donors (Lipinski definition) is 0. The highest BCUT2D eigenvalue weighted by atomic mass is 16.6. The van der Waals surface area contributed by atoms with E-state index >= 15 is 0 Å². The van der Waals surface area contributed by atoms with E-state index < -0.39 is 16.9 Å². The zero-order valence-electron chi connectivity index (χ0n) is 11.0. The Hall–Kier alpha value is -1.92. The van der Waals surface area contributed by atoms with E-state index in [-0.39, 0.29) is 5.69 Å². The molecular weight excluding hydrogens is 238 g/mol. The third-order valence-corrected chi connectivity index (χ3v) is 2.81. The Kier molecular flexibility index (Phi) is 4.41. The highest BCUT2D eigenvalue weighted by Gasteiger charge is 2.29. The number of methoxy groups -OCH3 is 1. The van der Waals surface area contributed by atoms with Crippen LogP contribution in [0.25, 0.3) is 0 Å². The molecule has 18 heavy (non-hydrogen) atoms. The van der Waals surface area contributed by atoms with Crippen molar-refractivity contribution in [2.45, 2.75) is 39.7 Å². The Morgan fingerprint density at radius 1 is 1.50 bits per heavy atom. The van der Waals surface area contributed by atoms with Gasteiger partial charge >= 0.3 is 11.7 Å². The monoisotopic (exact) mass is 255 g/mol. The fraction of sp³-hybridized carbons (Fsp3) is 0.636. The topological polar surface area (TPSA) is 87.3 Å². The molecule has 1 aromatic rings. The maximum atomic E-state index is 11.5. The van der Waals surface area contributed by atoms with Crippen LogP contribution in [0.4, 0.5) is 5.69 Å². The molecule has 1 heterocycles. The van der Waals surface area contributed by atoms with Crippen molar-refractivity contribution in [3.05, 3.63) is 21.5 Å². The SMILES string of the molecule is CCc1nn([C@H](C)C(=O)OC)c(CC)c1[N+](=O)[O-]. The highest BCUT2D eigenvalue weighted by molar-refractivity contribution is 5.73. The average molecular weight is 255 g/mol. The van der Waals surface area contributed by atoms with Gasteiger partial charge in [0.05, 0.1) is 12.0 Å². The van der Waals surface area contributed by atoms with E-state index in [9.17, 15) is 14.9 Å². The number of carbonyl (C=O) groups is 1. The van der Waals surface area contributed by atoms with E-state index in [0.29, 0.717) is 24.2 Å². The predicted molar refractivity (Wildman–Crippen MR) is 64.4 cm³/mol. The Bertz CT molecular complexity index is 467. The summed E-state index contributed by atoms with van der Waals surface area (Å²) >= 11 is 0. The van der Waals surface area contributed by atoms with Gasteiger partial charge in [0.15, 0.2) is 0 Å². The molecule has 0 bridgehead atoms. The quantitative estimate of drug-likeness (QED) is 0.453. The van der Waals surface area contributed by atoms with Crippen LogP contribution in [0.1, 0.15) is 38.2 Å². The van der Waals surface area contributed by atoms with Crippen LogP contribution in [-0.2, 0) is 22.4 Å². The fourth-order valence-electron chi connectivity index (χ4n) is 1.88. The van der Waals surface area contributed by atoms with Gasteiger partial charge in [0.2, 0.25) is 0 Å². The molecule has 0 unspecified atom stereocenters. The number of rotatable bonds is 5. The van der Waals surface area contributed by atoms with Gasteiger partial charge < -0.3 is 4.74 Å². The lowest BCUT2D eigenvalue weighted by Crippen LogP contribution is -2.21. The number of ether oxygens (including phenoxy) is 1. The summed E-state index contributed by atoms with van der Waals surface area (Å²) in [5.41, 5.74) is 0.859. The predicted octanol–water partition coefficient (Wildman–Crippen LogP) is 1.65. The van der Waals surface area contributed by atoms with Crippen LogP contribution >= 0.6 is 0 Å². The normalized spacial score (nSPS) is 12.2. The standard InChI is InChI=1S/C11H17N3O4/c1-5-8-10(14(16)17)9(6-2)13(12-8)7(3)11(15)18-4/h7H,5-6H2,1-4H3/t7-/m1/s1. The number of aromatic nitrogens is 2. The van der Waals surface area contributed by atoms with Crippen LogP contribution in [-0.4, -0.2) is 27.8 Å². The van der Waals surface area contributed by atoms with Crippen molar-refractivity contribution in [1.82, 2.24) is 9.78 Å². The van der Waals surface area contributed by atoms with E-state index in [2.05, 4.69) is 9.84 Å². The molecule has 7 heteroatoms. The third kappa shape index (κ3) is 2.34. The molecule has 1 aromatic heterocycles. The van der Waals surface area contributed by atoms with Gasteiger partial charge in [0.1, 0.15) is 17.4 Å². The number of carbonyl (C=O) groups excluding carboxylic acids is 1. The van der Waals surface area contributed by atoms with Gasteiger partial charge in [-0.2, -0.15) is 5.10 Å². The summed E-state index contributed by atoms with van der Waals surface area (Å²) in [6.07, 6.45) is 0.884. The van der Waals surface area contributed by atoms with Crippen molar-refractivity contribution in [2.75, 3.05) is 7.11 Å². The molecule has 0 aliphatic carbocycles. The van der Waals surface area contributed by atoms with Gasteiger partial charge in [0.25, 0.3) is 0 Å². The first kappa shape index (κ1) is 14.1. The smallest absolute Gasteiger partial charge is 0.330 e. The van der Waals surface area contributed by atoms with Crippen molar-refractivity contribution >= 4 is 11.7 Å². The molecule has 0 spiro atoms. The maximum Gasteiger partial charge on any atom is 0.330 e. The van der Waals surface area contributed by atoms with E-state index in [0.717, 1.165) is 0 Å². The molecule has 0 saturated carbocycles. The summed E-state index contributed by atoms with van der Waals surface area (Å²) < 4.78 is 6.03. The van der Waals surface area contributed by atoms with E-state index in [1.807, 2.05) is 0 Å². The first-order valence-corrected chi connectivity index (χ1v) is 5.80. The van der Waals surface area contributed by atoms with Crippen LogP contribution < -0.4 is 0 Å². The van der Waals surface area contributed by atoms with Gasteiger partial charge in [-0.1, -0.05) is 13.8 Å². The van der Waals surface area contributed by atoms with Gasteiger partial charge in [0, 0.05) is 0 Å². The maximum absolute atomic E-state index is 11.5. The minimum Gasteiger partial charge on any atom is -0.467 e. The number of aryl methyl sites for hydroxylation is 1. The molecule has 1 atom stereocenters. The van der Waals surface area contributed by atoms with E-state index in [4.69, 9.17) is 0 Å². The lowest BCUT2D eigenvalue weighted by molar-refractivity contribution is -0.386. The fourth-order valence-corrected chi connectivity index (χ4v) is 1.88. The van der Waals surface area contributed by atoms with Crippen LogP contribution in [0, 0.1) is 10.1 Å². The summed E-state index contributed by atoms with van der Waals surface area (Å²) in [6.45, 7) is 5.20. The van der Waals surface area contributed by atoms with Crippen LogP contribution in [0.15, 0.2) is 0 Å². The molecule has 0 aliphatic rings. The van der Waals surface area contributed by atoms with E-state index in [1.54, 1.807) is 20.8 Å². The summed E-state index contributed by atoms with van der Waals surface area (Å²) in [5.74, 6) is -0.468. The van der Waals surface area contributed by atoms with Crippen molar-refractivity contribution in [2.24, 2.45) is 0 Å². The highest BCUT2D eigenvalue weighted by Crippen LogP contribution is 2.27. The molecule has 1 rings (SSSR count). The lowest BCUT2D eigenvalue weighted by atomic mass is 10.2. The minimum absolute atomic E-state index is 0.00996. The van der Waals surface area contributed by atoms with Crippen molar-refractivity contribution in [1.29, 1.82) is 0 Å². The van der Waals surface area contributed by atoms with Crippen LogP contribution in [0.3, 0.4) is 0 Å². The molecule has 0 N–H and O–H groups in total. The lowest BCUT2D eigenvalue weighted by Gasteiger charge is -2.11. The second kappa shape index (κ2) is 5.61. The number of esters is 1. The minimum atomic E-state index is -0.663. The van der Waals surface area contributed by atoms with Gasteiger partial charge in [-0.15, -0.1) is 0 Å². The Morgan fingerprint density at radius 2 is 2.11 bits per heavy atom. The Labute approximate surface area is 105 Å². The van der Waals surface area contributed by atoms with Crippen LogP contribution in [0.2, 0.25) is 0 Å². The molecule has 0 aliphatic heterocycles. The zero-order chi connectivity index (χ0) is 13.9. The number of hydrogen-bond acceptors (Lipinski definition) is 5. The van der Waals surface area contributed by atoms with Gasteiger partial charge in [-0.25, -0.2) is 9.48 Å². The molecule has 0 aromatic carbocycles. The molecule has 0 radical (unpaired) electrons. The van der Waals surface area contributed by atoms with Gasteiger partial charge in [-0.05, 0) is 19.8 Å². The van der Waals surface area contributed by atoms with E-state index in [1.165, 1.54) is 11.8 Å².